The Labute approximate surface area is 101 Å². The zero-order chi connectivity index (χ0) is 12.8. The average Bonchev–Trinajstić information content (AvgIpc) is 2.75. The van der Waals surface area contributed by atoms with Crippen LogP contribution in [0.5, 0.6) is 0 Å². The van der Waals surface area contributed by atoms with E-state index in [1.54, 1.807) is 6.07 Å². The van der Waals surface area contributed by atoms with Gasteiger partial charge in [-0.05, 0) is 18.3 Å². The number of nitrogens with one attached hydrogen (secondary N) is 1. The van der Waals surface area contributed by atoms with Gasteiger partial charge in [0, 0.05) is 19.2 Å². The quantitative estimate of drug-likeness (QED) is 0.791. The molecule has 0 aliphatic rings. The van der Waals surface area contributed by atoms with E-state index in [0.29, 0.717) is 13.0 Å². The van der Waals surface area contributed by atoms with Crippen molar-refractivity contribution < 1.29 is 14.4 Å². The van der Waals surface area contributed by atoms with Crippen molar-refractivity contribution in [3.8, 4) is 0 Å². The zero-order valence-corrected chi connectivity index (χ0v) is 10.6. The van der Waals surface area contributed by atoms with Crippen molar-refractivity contribution in [1.29, 1.82) is 0 Å². The highest BCUT2D eigenvalue weighted by Crippen LogP contribution is 2.13. The van der Waals surface area contributed by atoms with Crippen LogP contribution >= 0.6 is 0 Å². The van der Waals surface area contributed by atoms with Gasteiger partial charge in [-0.1, -0.05) is 25.9 Å². The number of nitrogens with zero attached hydrogens (tertiary/aromatic N) is 1. The van der Waals surface area contributed by atoms with Gasteiger partial charge < -0.3 is 14.9 Å². The van der Waals surface area contributed by atoms with E-state index in [1.165, 1.54) is 0 Å². The minimum Gasteiger partial charge on any atom is -0.396 e. The molecule has 1 amide bonds. The van der Waals surface area contributed by atoms with Gasteiger partial charge >= 0.3 is 0 Å². The van der Waals surface area contributed by atoms with E-state index in [-0.39, 0.29) is 30.1 Å². The number of hydrogen-bond donors (Lipinski definition) is 2. The second kappa shape index (κ2) is 6.39. The Bertz CT molecular complexity index is 360. The van der Waals surface area contributed by atoms with Crippen LogP contribution in [0.3, 0.4) is 0 Å². The lowest BCUT2D eigenvalue weighted by Gasteiger charge is -2.09. The van der Waals surface area contributed by atoms with E-state index in [2.05, 4.69) is 10.5 Å². The Morgan fingerprint density at radius 2 is 2.24 bits per heavy atom. The SMILES string of the molecule is CC(C)c1cc(C(=O)NC[C@H](C)CCO)on1. The number of aliphatic hydroxyl groups is 1. The predicted molar refractivity (Wildman–Crippen MR) is 63.8 cm³/mol. The summed E-state index contributed by atoms with van der Waals surface area (Å²) in [6, 6.07) is 1.66. The largest absolute Gasteiger partial charge is 0.396 e. The molecule has 0 radical (unpaired) electrons. The minimum absolute atomic E-state index is 0.136. The normalized spacial score (nSPS) is 12.8. The third kappa shape index (κ3) is 4.19. The summed E-state index contributed by atoms with van der Waals surface area (Å²) < 4.78 is 4.97. The predicted octanol–water partition coefficient (Wildman–Crippen LogP) is 1.55. The van der Waals surface area contributed by atoms with Crippen LogP contribution in [-0.2, 0) is 0 Å². The van der Waals surface area contributed by atoms with Crippen LogP contribution in [0.25, 0.3) is 0 Å². The van der Waals surface area contributed by atoms with Crippen molar-refractivity contribution in [3.05, 3.63) is 17.5 Å². The van der Waals surface area contributed by atoms with Crippen LogP contribution in [0.15, 0.2) is 10.6 Å². The van der Waals surface area contributed by atoms with Crippen molar-refractivity contribution in [2.75, 3.05) is 13.2 Å². The summed E-state index contributed by atoms with van der Waals surface area (Å²) in [6.07, 6.45) is 0.675. The Balaban J connectivity index is 2.46. The fraction of sp³-hybridized carbons (Fsp3) is 0.667. The van der Waals surface area contributed by atoms with Gasteiger partial charge in [0.25, 0.3) is 5.91 Å². The second-order valence-electron chi connectivity index (χ2n) is 4.60. The molecule has 0 fully saturated rings. The summed E-state index contributed by atoms with van der Waals surface area (Å²) in [5.74, 6) is 0.476. The third-order valence-corrected chi connectivity index (χ3v) is 2.58. The van der Waals surface area contributed by atoms with Crippen molar-refractivity contribution in [1.82, 2.24) is 10.5 Å². The first-order valence-electron chi connectivity index (χ1n) is 5.90. The molecule has 0 unspecified atom stereocenters. The Hall–Kier alpha value is -1.36. The lowest BCUT2D eigenvalue weighted by Crippen LogP contribution is -2.28. The van der Waals surface area contributed by atoms with Gasteiger partial charge in [0.1, 0.15) is 0 Å². The molecule has 1 heterocycles. The van der Waals surface area contributed by atoms with E-state index >= 15 is 0 Å². The Kier molecular flexibility index (Phi) is 5.15. The van der Waals surface area contributed by atoms with Crippen molar-refractivity contribution >= 4 is 5.91 Å². The van der Waals surface area contributed by atoms with Crippen LogP contribution in [0, 0.1) is 5.92 Å². The molecule has 1 rings (SSSR count). The number of carbonyl (C=O) groups excluding carboxylic acids is 1. The molecule has 17 heavy (non-hydrogen) atoms. The summed E-state index contributed by atoms with van der Waals surface area (Å²) in [6.45, 7) is 6.61. The number of rotatable bonds is 6. The highest BCUT2D eigenvalue weighted by atomic mass is 16.5. The molecule has 0 aliphatic carbocycles. The summed E-state index contributed by atoms with van der Waals surface area (Å²) >= 11 is 0. The fourth-order valence-electron chi connectivity index (χ4n) is 1.34. The average molecular weight is 240 g/mol. The molecule has 2 N–H and O–H groups in total. The van der Waals surface area contributed by atoms with Gasteiger partial charge in [0.2, 0.25) is 5.76 Å². The number of carbonyl (C=O) groups is 1. The molecular weight excluding hydrogens is 220 g/mol. The monoisotopic (exact) mass is 240 g/mol. The van der Waals surface area contributed by atoms with Gasteiger partial charge in [-0.3, -0.25) is 4.79 Å². The van der Waals surface area contributed by atoms with Crippen LogP contribution in [-0.4, -0.2) is 29.3 Å². The summed E-state index contributed by atoms with van der Waals surface area (Å²) in [5.41, 5.74) is 0.776. The summed E-state index contributed by atoms with van der Waals surface area (Å²) in [7, 11) is 0. The van der Waals surface area contributed by atoms with E-state index in [9.17, 15) is 4.79 Å². The molecule has 0 saturated heterocycles. The molecule has 96 valence electrons. The van der Waals surface area contributed by atoms with E-state index in [0.717, 1.165) is 5.69 Å². The molecule has 1 aromatic heterocycles. The number of aliphatic hydroxyl groups excluding tert-OH is 1. The number of aromatic nitrogens is 1. The standard InChI is InChI=1S/C12H20N2O3/c1-8(2)10-6-11(17-14-10)12(16)13-7-9(3)4-5-15/h6,8-9,15H,4-5,7H2,1-3H3,(H,13,16)/t9-/m1/s1. The van der Waals surface area contributed by atoms with Gasteiger partial charge in [-0.15, -0.1) is 0 Å². The van der Waals surface area contributed by atoms with E-state index < -0.39 is 0 Å². The Morgan fingerprint density at radius 3 is 2.76 bits per heavy atom. The Morgan fingerprint density at radius 1 is 1.53 bits per heavy atom. The third-order valence-electron chi connectivity index (χ3n) is 2.58. The van der Waals surface area contributed by atoms with Crippen molar-refractivity contribution in [2.24, 2.45) is 5.92 Å². The molecule has 0 aromatic carbocycles. The fourth-order valence-corrected chi connectivity index (χ4v) is 1.34. The van der Waals surface area contributed by atoms with E-state index in [4.69, 9.17) is 9.63 Å². The van der Waals surface area contributed by atoms with Crippen LogP contribution in [0.1, 0.15) is 49.4 Å². The maximum absolute atomic E-state index is 11.7. The molecule has 0 saturated carbocycles. The number of hydrogen-bond acceptors (Lipinski definition) is 4. The summed E-state index contributed by atoms with van der Waals surface area (Å²) in [4.78, 5) is 11.7. The smallest absolute Gasteiger partial charge is 0.289 e. The molecule has 0 spiro atoms. The maximum atomic E-state index is 11.7. The lowest BCUT2D eigenvalue weighted by atomic mass is 10.1. The second-order valence-corrected chi connectivity index (χ2v) is 4.60. The molecule has 5 heteroatoms. The highest BCUT2D eigenvalue weighted by Gasteiger charge is 2.14. The molecule has 1 aromatic rings. The molecular formula is C12H20N2O3. The summed E-state index contributed by atoms with van der Waals surface area (Å²) in [5, 5.41) is 15.3. The topological polar surface area (TPSA) is 75.4 Å². The lowest BCUT2D eigenvalue weighted by molar-refractivity contribution is 0.0908. The zero-order valence-electron chi connectivity index (χ0n) is 10.6. The van der Waals surface area contributed by atoms with Crippen LogP contribution in [0.2, 0.25) is 0 Å². The van der Waals surface area contributed by atoms with Gasteiger partial charge in [0.05, 0.1) is 5.69 Å². The first-order valence-corrected chi connectivity index (χ1v) is 5.90. The molecule has 0 aliphatic heterocycles. The van der Waals surface area contributed by atoms with E-state index in [1.807, 2.05) is 20.8 Å². The van der Waals surface area contributed by atoms with Gasteiger partial charge in [0.15, 0.2) is 0 Å². The first kappa shape index (κ1) is 13.7. The molecule has 5 nitrogen and oxygen atoms in total. The van der Waals surface area contributed by atoms with Crippen molar-refractivity contribution in [2.45, 2.75) is 33.1 Å². The van der Waals surface area contributed by atoms with Crippen LogP contribution in [0.4, 0.5) is 0 Å². The molecule has 0 bridgehead atoms. The maximum Gasteiger partial charge on any atom is 0.289 e. The molecule has 1 atom stereocenters. The van der Waals surface area contributed by atoms with Gasteiger partial charge in [-0.2, -0.15) is 0 Å². The first-order chi connectivity index (χ1) is 8.04. The van der Waals surface area contributed by atoms with Gasteiger partial charge in [-0.25, -0.2) is 0 Å². The van der Waals surface area contributed by atoms with Crippen molar-refractivity contribution in [3.63, 3.8) is 0 Å². The highest BCUT2D eigenvalue weighted by molar-refractivity contribution is 5.91. The number of amides is 1. The van der Waals surface area contributed by atoms with Crippen LogP contribution < -0.4 is 5.32 Å². The minimum atomic E-state index is -0.255.